The highest BCUT2D eigenvalue weighted by Crippen LogP contribution is 2.41. The first-order valence-electron chi connectivity index (χ1n) is 4.88. The largest absolute Gasteiger partial charge is 0.392 e. The molecule has 0 spiro atoms. The SMILES string of the molecule is OC/C=C(\c1ccc(F)cc1)C1CC1. The second-order valence-corrected chi connectivity index (χ2v) is 3.62. The predicted molar refractivity (Wildman–Crippen MR) is 54.2 cm³/mol. The first kappa shape index (κ1) is 9.41. The smallest absolute Gasteiger partial charge is 0.123 e. The molecule has 1 aromatic carbocycles. The summed E-state index contributed by atoms with van der Waals surface area (Å²) >= 11 is 0. The lowest BCUT2D eigenvalue weighted by molar-refractivity contribution is 0.343. The molecule has 1 aliphatic rings. The van der Waals surface area contributed by atoms with Crippen molar-refractivity contribution in [2.24, 2.45) is 5.92 Å². The van der Waals surface area contributed by atoms with Gasteiger partial charge in [0, 0.05) is 0 Å². The predicted octanol–water partition coefficient (Wildman–Crippen LogP) is 2.61. The third kappa shape index (κ3) is 2.02. The summed E-state index contributed by atoms with van der Waals surface area (Å²) < 4.78 is 12.7. The Labute approximate surface area is 82.9 Å². The van der Waals surface area contributed by atoms with Crippen LogP contribution in [0.5, 0.6) is 0 Å². The van der Waals surface area contributed by atoms with Gasteiger partial charge >= 0.3 is 0 Å². The molecule has 0 unspecified atom stereocenters. The molecule has 74 valence electrons. The molecule has 2 heteroatoms. The minimum Gasteiger partial charge on any atom is -0.392 e. The first-order valence-corrected chi connectivity index (χ1v) is 4.88. The van der Waals surface area contributed by atoms with Crippen LogP contribution in [0.25, 0.3) is 5.57 Å². The summed E-state index contributed by atoms with van der Waals surface area (Å²) in [5.41, 5.74) is 2.19. The first-order chi connectivity index (χ1) is 6.81. The van der Waals surface area contributed by atoms with E-state index < -0.39 is 0 Å². The second-order valence-electron chi connectivity index (χ2n) is 3.62. The molecule has 0 aliphatic heterocycles. The van der Waals surface area contributed by atoms with Gasteiger partial charge in [-0.25, -0.2) is 4.39 Å². The molecule has 2 rings (SSSR count). The van der Waals surface area contributed by atoms with Crippen LogP contribution >= 0.6 is 0 Å². The average Bonchev–Trinajstić information content (AvgIpc) is 2.99. The van der Waals surface area contributed by atoms with E-state index in [1.807, 2.05) is 6.08 Å². The Bertz CT molecular complexity index is 336. The molecular formula is C12H13FO. The fourth-order valence-electron chi connectivity index (χ4n) is 1.66. The van der Waals surface area contributed by atoms with Crippen LogP contribution in [0.2, 0.25) is 0 Å². The highest BCUT2D eigenvalue weighted by atomic mass is 19.1. The number of benzene rings is 1. The van der Waals surface area contributed by atoms with Crippen molar-refractivity contribution in [2.45, 2.75) is 12.8 Å². The van der Waals surface area contributed by atoms with Crippen LogP contribution in [0, 0.1) is 11.7 Å². The molecule has 1 aliphatic carbocycles. The van der Waals surface area contributed by atoms with Crippen LogP contribution in [-0.4, -0.2) is 11.7 Å². The fraction of sp³-hybridized carbons (Fsp3) is 0.333. The van der Waals surface area contributed by atoms with E-state index in [-0.39, 0.29) is 12.4 Å². The zero-order valence-corrected chi connectivity index (χ0v) is 7.91. The Morgan fingerprint density at radius 2 is 2.00 bits per heavy atom. The lowest BCUT2D eigenvalue weighted by atomic mass is 10.0. The molecule has 0 radical (unpaired) electrons. The van der Waals surface area contributed by atoms with Gasteiger partial charge in [0.2, 0.25) is 0 Å². The molecule has 1 fully saturated rings. The molecule has 1 saturated carbocycles. The Balaban J connectivity index is 2.26. The van der Waals surface area contributed by atoms with Crippen LogP contribution in [-0.2, 0) is 0 Å². The van der Waals surface area contributed by atoms with Gasteiger partial charge in [0.05, 0.1) is 6.61 Å². The molecular weight excluding hydrogens is 179 g/mol. The van der Waals surface area contributed by atoms with Crippen molar-refractivity contribution in [3.05, 3.63) is 41.7 Å². The van der Waals surface area contributed by atoms with Crippen molar-refractivity contribution in [1.82, 2.24) is 0 Å². The third-order valence-electron chi connectivity index (χ3n) is 2.51. The number of halogens is 1. The Kier molecular flexibility index (Phi) is 2.64. The van der Waals surface area contributed by atoms with Crippen molar-refractivity contribution < 1.29 is 9.50 Å². The molecule has 1 aromatic rings. The maximum atomic E-state index is 12.7. The van der Waals surface area contributed by atoms with Crippen LogP contribution < -0.4 is 0 Å². The molecule has 0 aromatic heterocycles. The zero-order valence-electron chi connectivity index (χ0n) is 7.91. The van der Waals surface area contributed by atoms with E-state index in [1.54, 1.807) is 12.1 Å². The third-order valence-corrected chi connectivity index (χ3v) is 2.51. The lowest BCUT2D eigenvalue weighted by Crippen LogP contribution is -1.89. The summed E-state index contributed by atoms with van der Waals surface area (Å²) in [4.78, 5) is 0. The molecule has 1 N–H and O–H groups in total. The van der Waals surface area contributed by atoms with E-state index in [2.05, 4.69) is 0 Å². The standard InChI is InChI=1S/C12H13FO/c13-11-5-3-10(4-6-11)12(7-8-14)9-1-2-9/h3-7,9,14H,1-2,8H2/b12-7-. The maximum Gasteiger partial charge on any atom is 0.123 e. The number of hydrogen-bond acceptors (Lipinski definition) is 1. The van der Waals surface area contributed by atoms with E-state index in [9.17, 15) is 4.39 Å². The molecule has 0 atom stereocenters. The number of allylic oxidation sites excluding steroid dienone is 1. The van der Waals surface area contributed by atoms with E-state index in [0.29, 0.717) is 5.92 Å². The van der Waals surface area contributed by atoms with E-state index >= 15 is 0 Å². The molecule has 0 saturated heterocycles. The van der Waals surface area contributed by atoms with Crippen molar-refractivity contribution in [3.63, 3.8) is 0 Å². The fourth-order valence-corrected chi connectivity index (χ4v) is 1.66. The van der Waals surface area contributed by atoms with Gasteiger partial charge in [-0.2, -0.15) is 0 Å². The van der Waals surface area contributed by atoms with Gasteiger partial charge in [-0.05, 0) is 42.0 Å². The highest BCUT2D eigenvalue weighted by Gasteiger charge is 2.26. The summed E-state index contributed by atoms with van der Waals surface area (Å²) in [6.45, 7) is 0.0587. The summed E-state index contributed by atoms with van der Waals surface area (Å²) in [5, 5.41) is 8.88. The molecule has 14 heavy (non-hydrogen) atoms. The molecule has 0 heterocycles. The van der Waals surface area contributed by atoms with E-state index in [4.69, 9.17) is 5.11 Å². The Morgan fingerprint density at radius 3 is 2.50 bits per heavy atom. The van der Waals surface area contributed by atoms with Gasteiger partial charge < -0.3 is 5.11 Å². The van der Waals surface area contributed by atoms with Gasteiger partial charge in [0.25, 0.3) is 0 Å². The zero-order chi connectivity index (χ0) is 9.97. The lowest BCUT2D eigenvalue weighted by Gasteiger charge is -2.05. The Hall–Kier alpha value is -1.15. The molecule has 0 amide bonds. The van der Waals surface area contributed by atoms with E-state index in [1.165, 1.54) is 25.0 Å². The van der Waals surface area contributed by atoms with Crippen molar-refractivity contribution in [1.29, 1.82) is 0 Å². The van der Waals surface area contributed by atoms with Gasteiger partial charge in [-0.3, -0.25) is 0 Å². The van der Waals surface area contributed by atoms with Gasteiger partial charge in [0.15, 0.2) is 0 Å². The van der Waals surface area contributed by atoms with Crippen LogP contribution in [0.1, 0.15) is 18.4 Å². The van der Waals surface area contributed by atoms with Crippen molar-refractivity contribution in [2.75, 3.05) is 6.61 Å². The quantitative estimate of drug-likeness (QED) is 0.780. The summed E-state index contributed by atoms with van der Waals surface area (Å²) in [5.74, 6) is 0.362. The number of hydrogen-bond donors (Lipinski definition) is 1. The van der Waals surface area contributed by atoms with Crippen molar-refractivity contribution >= 4 is 5.57 Å². The number of aliphatic hydroxyl groups is 1. The minimum atomic E-state index is -0.215. The highest BCUT2D eigenvalue weighted by molar-refractivity contribution is 5.69. The van der Waals surface area contributed by atoms with Gasteiger partial charge in [-0.1, -0.05) is 18.2 Å². The monoisotopic (exact) mass is 192 g/mol. The van der Waals surface area contributed by atoms with E-state index in [0.717, 1.165) is 11.1 Å². The topological polar surface area (TPSA) is 20.2 Å². The normalized spacial score (nSPS) is 17.1. The maximum absolute atomic E-state index is 12.7. The summed E-state index contributed by atoms with van der Waals surface area (Å²) in [6, 6.07) is 6.47. The number of rotatable bonds is 3. The average molecular weight is 192 g/mol. The van der Waals surface area contributed by atoms with Crippen LogP contribution in [0.3, 0.4) is 0 Å². The Morgan fingerprint density at radius 1 is 1.36 bits per heavy atom. The van der Waals surface area contributed by atoms with Gasteiger partial charge in [-0.15, -0.1) is 0 Å². The summed E-state index contributed by atoms with van der Waals surface area (Å²) in [6.07, 6.45) is 4.19. The number of aliphatic hydroxyl groups excluding tert-OH is 1. The second kappa shape index (κ2) is 3.93. The summed E-state index contributed by atoms with van der Waals surface area (Å²) in [7, 11) is 0. The molecule has 1 nitrogen and oxygen atoms in total. The van der Waals surface area contributed by atoms with Crippen LogP contribution in [0.4, 0.5) is 4.39 Å². The van der Waals surface area contributed by atoms with Crippen molar-refractivity contribution in [3.8, 4) is 0 Å². The minimum absolute atomic E-state index is 0.0587. The molecule has 0 bridgehead atoms. The van der Waals surface area contributed by atoms with Gasteiger partial charge in [0.1, 0.15) is 5.82 Å². The van der Waals surface area contributed by atoms with Crippen LogP contribution in [0.15, 0.2) is 30.3 Å².